The van der Waals surface area contributed by atoms with Crippen LogP contribution in [0.15, 0.2) is 46.9 Å². The van der Waals surface area contributed by atoms with Crippen molar-refractivity contribution in [2.45, 2.75) is 97.1 Å². The number of piperidine rings is 1. The van der Waals surface area contributed by atoms with Gasteiger partial charge in [-0.1, -0.05) is 73.4 Å². The predicted octanol–water partition coefficient (Wildman–Crippen LogP) is 6.99. The summed E-state index contributed by atoms with van der Waals surface area (Å²) in [5, 5.41) is 3.79. The van der Waals surface area contributed by atoms with Gasteiger partial charge < -0.3 is 16.0 Å². The van der Waals surface area contributed by atoms with Gasteiger partial charge in [-0.05, 0) is 86.9 Å². The zero-order valence-corrected chi connectivity index (χ0v) is 26.4. The Morgan fingerprint density at radius 3 is 2.26 bits per heavy atom. The van der Waals surface area contributed by atoms with Crippen molar-refractivity contribution >= 4 is 39.3 Å². The van der Waals surface area contributed by atoms with Crippen molar-refractivity contribution in [1.82, 2.24) is 10.2 Å². The average molecular weight is 607 g/mol. The zero-order valence-electron chi connectivity index (χ0n) is 24.0. The standard InChI is InChI=1S/C29H39BrClN3O2.C2H6/c1-6-19(2)23-18-22(31)11-12-24(23)28(3,4)27(36)33-25(17-20-7-9-21(30)10-8-20)26(35)34-15-13-29(5,32)14-16-34;1-2/h7-12,18-19,25H,6,13-17,32H2,1-5H3,(H,33,36);1-2H3/t19?,25-;/m0./s1. The second kappa shape index (κ2) is 14.0. The largest absolute Gasteiger partial charge is 0.343 e. The molecular weight excluding hydrogens is 562 g/mol. The average Bonchev–Trinajstić information content (AvgIpc) is 2.89. The summed E-state index contributed by atoms with van der Waals surface area (Å²) in [7, 11) is 0. The summed E-state index contributed by atoms with van der Waals surface area (Å²) in [6.07, 6.45) is 2.84. The van der Waals surface area contributed by atoms with Crippen LogP contribution in [0.5, 0.6) is 0 Å². The number of rotatable bonds is 8. The highest BCUT2D eigenvalue weighted by Crippen LogP contribution is 2.34. The molecule has 0 spiro atoms. The fourth-order valence-electron chi connectivity index (χ4n) is 4.71. The van der Waals surface area contributed by atoms with E-state index in [0.29, 0.717) is 24.5 Å². The molecule has 0 aliphatic carbocycles. The van der Waals surface area contributed by atoms with Crippen molar-refractivity contribution in [2.75, 3.05) is 13.1 Å². The van der Waals surface area contributed by atoms with Gasteiger partial charge in [0.25, 0.3) is 0 Å². The van der Waals surface area contributed by atoms with Gasteiger partial charge in [0.2, 0.25) is 11.8 Å². The molecule has 2 aromatic carbocycles. The number of carbonyl (C=O) groups excluding carboxylic acids is 2. The van der Waals surface area contributed by atoms with E-state index in [2.05, 4.69) is 35.1 Å². The van der Waals surface area contributed by atoms with E-state index >= 15 is 0 Å². The van der Waals surface area contributed by atoms with Gasteiger partial charge in [-0.2, -0.15) is 0 Å². The van der Waals surface area contributed by atoms with E-state index in [9.17, 15) is 9.59 Å². The fraction of sp³-hybridized carbons (Fsp3) is 0.548. The van der Waals surface area contributed by atoms with Crippen molar-refractivity contribution in [3.63, 3.8) is 0 Å². The van der Waals surface area contributed by atoms with Gasteiger partial charge in [0.15, 0.2) is 0 Å². The summed E-state index contributed by atoms with van der Waals surface area (Å²) >= 11 is 9.79. The van der Waals surface area contributed by atoms with Gasteiger partial charge in [-0.3, -0.25) is 9.59 Å². The molecule has 5 nitrogen and oxygen atoms in total. The van der Waals surface area contributed by atoms with E-state index in [1.165, 1.54) is 0 Å². The molecule has 1 heterocycles. The van der Waals surface area contributed by atoms with Gasteiger partial charge in [0.1, 0.15) is 6.04 Å². The lowest BCUT2D eigenvalue weighted by molar-refractivity contribution is -0.138. The van der Waals surface area contributed by atoms with Crippen molar-refractivity contribution in [1.29, 1.82) is 0 Å². The second-order valence-electron chi connectivity index (χ2n) is 11.0. The van der Waals surface area contributed by atoms with Crippen LogP contribution in [0.25, 0.3) is 0 Å². The molecule has 2 aromatic rings. The first-order chi connectivity index (χ1) is 17.8. The summed E-state index contributed by atoms with van der Waals surface area (Å²) in [5.74, 6) is 0.0197. The Morgan fingerprint density at radius 1 is 1.13 bits per heavy atom. The molecule has 0 radical (unpaired) electrons. The highest BCUT2D eigenvalue weighted by Gasteiger charge is 2.37. The highest BCUT2D eigenvalue weighted by molar-refractivity contribution is 9.10. The Balaban J connectivity index is 0.00000247. The van der Waals surface area contributed by atoms with Crippen molar-refractivity contribution < 1.29 is 9.59 Å². The Kier molecular flexibility index (Phi) is 11.9. The smallest absolute Gasteiger partial charge is 0.245 e. The van der Waals surface area contributed by atoms with Crippen molar-refractivity contribution in [2.24, 2.45) is 5.73 Å². The molecule has 1 unspecified atom stereocenters. The minimum atomic E-state index is -0.848. The summed E-state index contributed by atoms with van der Waals surface area (Å²) < 4.78 is 0.970. The molecule has 0 saturated carbocycles. The Morgan fingerprint density at radius 2 is 1.71 bits per heavy atom. The summed E-state index contributed by atoms with van der Waals surface area (Å²) in [6, 6.07) is 12.9. The van der Waals surface area contributed by atoms with Crippen LogP contribution >= 0.6 is 27.5 Å². The number of nitrogens with one attached hydrogen (secondary N) is 1. The molecule has 1 saturated heterocycles. The molecule has 1 aliphatic rings. The van der Waals surface area contributed by atoms with Crippen LogP contribution in [0.1, 0.15) is 90.3 Å². The van der Waals surface area contributed by atoms with Crippen molar-refractivity contribution in [3.05, 3.63) is 68.7 Å². The molecule has 1 aliphatic heterocycles. The molecule has 38 heavy (non-hydrogen) atoms. The van der Waals surface area contributed by atoms with Crippen molar-refractivity contribution in [3.8, 4) is 0 Å². The van der Waals surface area contributed by atoms with Gasteiger partial charge in [-0.25, -0.2) is 0 Å². The SMILES string of the molecule is CC.CCC(C)c1cc(Cl)ccc1C(C)(C)C(=O)N[C@@H](Cc1ccc(Br)cc1)C(=O)N1CCC(C)(N)CC1. The zero-order chi connectivity index (χ0) is 28.7. The highest BCUT2D eigenvalue weighted by atomic mass is 79.9. The molecule has 3 N–H and O–H groups in total. The molecule has 0 aromatic heterocycles. The number of nitrogens with zero attached hydrogens (tertiary/aromatic N) is 1. The lowest BCUT2D eigenvalue weighted by Gasteiger charge is -2.39. The molecule has 7 heteroatoms. The molecule has 210 valence electrons. The third-order valence-corrected chi connectivity index (χ3v) is 8.34. The Hall–Kier alpha value is -1.89. The number of hydrogen-bond acceptors (Lipinski definition) is 3. The van der Waals surface area contributed by atoms with E-state index in [0.717, 1.165) is 40.4 Å². The molecule has 3 rings (SSSR count). The van der Waals surface area contributed by atoms with E-state index < -0.39 is 11.5 Å². The summed E-state index contributed by atoms with van der Waals surface area (Å²) in [5.41, 5.74) is 8.18. The van der Waals surface area contributed by atoms with Crippen LogP contribution in [-0.2, 0) is 21.4 Å². The molecule has 0 bridgehead atoms. The monoisotopic (exact) mass is 605 g/mol. The van der Waals surface area contributed by atoms with Crippen LogP contribution in [-0.4, -0.2) is 41.4 Å². The summed E-state index contributed by atoms with van der Waals surface area (Å²) in [4.78, 5) is 29.4. The maximum absolute atomic E-state index is 13.8. The first-order valence-corrected chi connectivity index (χ1v) is 14.9. The van der Waals surface area contributed by atoms with Crippen LogP contribution in [0.2, 0.25) is 5.02 Å². The number of hydrogen-bond donors (Lipinski definition) is 2. The van der Waals surface area contributed by atoms with Crippen LogP contribution in [0.4, 0.5) is 0 Å². The number of nitrogens with two attached hydrogens (primary N) is 1. The van der Waals surface area contributed by atoms with Gasteiger partial charge in [0.05, 0.1) is 5.41 Å². The van der Waals surface area contributed by atoms with E-state index in [-0.39, 0.29) is 23.3 Å². The lowest BCUT2D eigenvalue weighted by atomic mass is 9.77. The topological polar surface area (TPSA) is 75.4 Å². The minimum Gasteiger partial charge on any atom is -0.343 e. The van der Waals surface area contributed by atoms with Crippen LogP contribution in [0, 0.1) is 0 Å². The third-order valence-electron chi connectivity index (χ3n) is 7.57. The molecular formula is C31H45BrClN3O2. The first-order valence-electron chi connectivity index (χ1n) is 13.8. The maximum atomic E-state index is 13.8. The van der Waals surface area contributed by atoms with E-state index in [4.69, 9.17) is 17.3 Å². The molecule has 1 fully saturated rings. The quantitative estimate of drug-likeness (QED) is 0.340. The summed E-state index contributed by atoms with van der Waals surface area (Å²) in [6.45, 7) is 15.3. The Bertz CT molecular complexity index is 1080. The van der Waals surface area contributed by atoms with E-state index in [1.807, 2.05) is 82.0 Å². The first kappa shape index (κ1) is 32.3. The lowest BCUT2D eigenvalue weighted by Crippen LogP contribution is -2.57. The number of likely N-dealkylation sites (tertiary alicyclic amines) is 1. The van der Waals surface area contributed by atoms with Crippen LogP contribution in [0.3, 0.4) is 0 Å². The fourth-order valence-corrected chi connectivity index (χ4v) is 5.15. The molecule has 2 atom stereocenters. The third kappa shape index (κ3) is 8.30. The van der Waals surface area contributed by atoms with Gasteiger partial charge in [-0.15, -0.1) is 0 Å². The van der Waals surface area contributed by atoms with Gasteiger partial charge >= 0.3 is 0 Å². The molecule has 2 amide bonds. The second-order valence-corrected chi connectivity index (χ2v) is 12.4. The number of halogens is 2. The minimum absolute atomic E-state index is 0.0594. The normalized spacial score (nSPS) is 16.6. The predicted molar refractivity (Wildman–Crippen MR) is 163 cm³/mol. The number of amides is 2. The van der Waals surface area contributed by atoms with Crippen LogP contribution < -0.4 is 11.1 Å². The number of benzene rings is 2. The van der Waals surface area contributed by atoms with Gasteiger partial charge in [0, 0.05) is 34.5 Å². The number of carbonyl (C=O) groups is 2. The Labute approximate surface area is 243 Å². The maximum Gasteiger partial charge on any atom is 0.245 e. The van der Waals surface area contributed by atoms with E-state index in [1.54, 1.807) is 0 Å².